The smallest absolute Gasteiger partial charge is 0.295 e. The van der Waals surface area contributed by atoms with Gasteiger partial charge in [0.05, 0.1) is 32.4 Å². The molecule has 1 aliphatic heterocycles. The van der Waals surface area contributed by atoms with Gasteiger partial charge in [-0.3, -0.25) is 9.59 Å². The zero-order valence-corrected chi connectivity index (χ0v) is 17.9. The maximum Gasteiger partial charge on any atom is 0.295 e. The molecule has 4 rings (SSSR count). The van der Waals surface area contributed by atoms with Crippen LogP contribution < -0.4 is 9.47 Å². The number of ketones is 1. The molecule has 0 spiro atoms. The minimum Gasteiger partial charge on any atom is -0.507 e. The lowest BCUT2D eigenvalue weighted by atomic mass is 9.95. The van der Waals surface area contributed by atoms with Gasteiger partial charge in [0.25, 0.3) is 11.7 Å². The van der Waals surface area contributed by atoms with Crippen molar-refractivity contribution >= 4 is 28.8 Å². The summed E-state index contributed by atoms with van der Waals surface area (Å²) < 4.78 is 10.5. The van der Waals surface area contributed by atoms with Crippen molar-refractivity contribution in [2.75, 3.05) is 14.2 Å². The molecule has 1 saturated heterocycles. The lowest BCUT2D eigenvalue weighted by Gasteiger charge is -2.25. The maximum atomic E-state index is 13.1. The molecular formula is C24H21NO5S. The van der Waals surface area contributed by atoms with Crippen molar-refractivity contribution in [1.82, 2.24) is 4.90 Å². The van der Waals surface area contributed by atoms with Crippen LogP contribution in [0, 0.1) is 0 Å². The number of likely N-dealkylation sites (tertiary alicyclic amines) is 1. The molecule has 3 aromatic rings. The van der Waals surface area contributed by atoms with E-state index in [1.807, 2.05) is 17.5 Å². The predicted molar refractivity (Wildman–Crippen MR) is 118 cm³/mol. The number of benzene rings is 2. The van der Waals surface area contributed by atoms with E-state index >= 15 is 0 Å². The summed E-state index contributed by atoms with van der Waals surface area (Å²) >= 11 is 1.51. The first kappa shape index (κ1) is 20.7. The number of amides is 1. The zero-order valence-electron chi connectivity index (χ0n) is 17.1. The van der Waals surface area contributed by atoms with E-state index in [-0.39, 0.29) is 17.9 Å². The minimum absolute atomic E-state index is 0.0555. The van der Waals surface area contributed by atoms with Gasteiger partial charge in [-0.1, -0.05) is 30.3 Å². The highest BCUT2D eigenvalue weighted by atomic mass is 32.1. The monoisotopic (exact) mass is 435 g/mol. The van der Waals surface area contributed by atoms with Crippen LogP contribution >= 0.6 is 11.3 Å². The predicted octanol–water partition coefficient (Wildman–Crippen LogP) is 4.39. The van der Waals surface area contributed by atoms with Gasteiger partial charge in [0.15, 0.2) is 0 Å². The fraction of sp³-hybridized carbons (Fsp3) is 0.167. The first-order valence-corrected chi connectivity index (χ1v) is 10.5. The topological polar surface area (TPSA) is 76.1 Å². The maximum absolute atomic E-state index is 13.1. The van der Waals surface area contributed by atoms with Crippen LogP contribution in [0.25, 0.3) is 5.76 Å². The Morgan fingerprint density at radius 3 is 2.39 bits per heavy atom. The van der Waals surface area contributed by atoms with Crippen molar-refractivity contribution in [3.63, 3.8) is 0 Å². The van der Waals surface area contributed by atoms with Gasteiger partial charge < -0.3 is 19.5 Å². The lowest BCUT2D eigenvalue weighted by Crippen LogP contribution is -2.28. The third-order valence-electron chi connectivity index (χ3n) is 5.22. The first-order valence-electron chi connectivity index (χ1n) is 9.62. The Kier molecular flexibility index (Phi) is 5.77. The molecule has 1 aromatic heterocycles. The molecule has 1 N–H and O–H groups in total. The van der Waals surface area contributed by atoms with Crippen LogP contribution in [0.5, 0.6) is 11.5 Å². The molecule has 2 aromatic carbocycles. The Morgan fingerprint density at radius 1 is 1.00 bits per heavy atom. The van der Waals surface area contributed by atoms with Crippen molar-refractivity contribution < 1.29 is 24.2 Å². The number of hydrogen-bond acceptors (Lipinski definition) is 6. The number of nitrogens with zero attached hydrogens (tertiary/aromatic N) is 1. The van der Waals surface area contributed by atoms with E-state index in [9.17, 15) is 14.7 Å². The number of ether oxygens (including phenoxy) is 2. The third-order valence-corrected chi connectivity index (χ3v) is 6.08. The molecule has 0 saturated carbocycles. The van der Waals surface area contributed by atoms with Gasteiger partial charge in [-0.2, -0.15) is 0 Å². The van der Waals surface area contributed by atoms with Crippen LogP contribution in [0.3, 0.4) is 0 Å². The van der Waals surface area contributed by atoms with Crippen LogP contribution in [-0.2, 0) is 16.1 Å². The summed E-state index contributed by atoms with van der Waals surface area (Å²) in [6, 6.07) is 17.0. The number of carbonyl (C=O) groups excluding carboxylic acids is 2. The molecule has 2 heterocycles. The minimum atomic E-state index is -0.723. The Bertz CT molecular complexity index is 1140. The number of aliphatic hydroxyl groups is 1. The summed E-state index contributed by atoms with van der Waals surface area (Å²) in [4.78, 5) is 28.5. The number of thiophene rings is 1. The summed E-state index contributed by atoms with van der Waals surface area (Å²) in [5.74, 6) is -0.382. The van der Waals surface area contributed by atoms with Crippen molar-refractivity contribution in [1.29, 1.82) is 0 Å². The zero-order chi connectivity index (χ0) is 22.0. The fourth-order valence-electron chi connectivity index (χ4n) is 3.67. The van der Waals surface area contributed by atoms with E-state index in [1.54, 1.807) is 55.6 Å². The average Bonchev–Trinajstić information content (AvgIpc) is 3.41. The summed E-state index contributed by atoms with van der Waals surface area (Å²) in [6.45, 7) is 0.272. The molecule has 0 bridgehead atoms. The molecule has 31 heavy (non-hydrogen) atoms. The number of carbonyl (C=O) groups is 2. The Labute approximate surface area is 184 Å². The van der Waals surface area contributed by atoms with E-state index in [1.165, 1.54) is 23.3 Å². The first-order chi connectivity index (χ1) is 15.0. The Morgan fingerprint density at radius 2 is 1.74 bits per heavy atom. The van der Waals surface area contributed by atoms with Crippen molar-refractivity contribution in [2.45, 2.75) is 12.6 Å². The van der Waals surface area contributed by atoms with E-state index in [2.05, 4.69) is 0 Å². The van der Waals surface area contributed by atoms with Crippen LogP contribution in [0.4, 0.5) is 0 Å². The molecule has 1 unspecified atom stereocenters. The van der Waals surface area contributed by atoms with Crippen LogP contribution in [0.2, 0.25) is 0 Å². The van der Waals surface area contributed by atoms with Gasteiger partial charge in [0.2, 0.25) is 0 Å². The molecule has 1 amide bonds. The van der Waals surface area contributed by atoms with Gasteiger partial charge in [-0.15, -0.1) is 11.3 Å². The van der Waals surface area contributed by atoms with Crippen molar-refractivity contribution in [3.05, 3.63) is 87.6 Å². The number of hydrogen-bond donors (Lipinski definition) is 1. The molecule has 7 heteroatoms. The molecule has 1 atom stereocenters. The molecular weight excluding hydrogens is 414 g/mol. The normalized spacial score (nSPS) is 17.7. The molecule has 0 radical (unpaired) electrons. The number of methoxy groups -OCH3 is 2. The average molecular weight is 436 g/mol. The number of Topliss-reactive ketones (excluding diaryl/α,β-unsaturated/α-hetero) is 1. The standard InChI is InChI=1S/C24H21NO5S/c1-29-17-10-8-15(9-11-17)21-20(22(26)16-5-3-6-18(13-16)30-2)23(27)24(28)25(21)14-19-7-4-12-31-19/h3-13,21,26H,14H2,1-2H3/b22-20+. The van der Waals surface area contributed by atoms with Gasteiger partial charge in [0.1, 0.15) is 17.3 Å². The van der Waals surface area contributed by atoms with E-state index < -0.39 is 17.7 Å². The summed E-state index contributed by atoms with van der Waals surface area (Å²) in [5.41, 5.74) is 1.17. The van der Waals surface area contributed by atoms with E-state index in [0.29, 0.717) is 22.6 Å². The van der Waals surface area contributed by atoms with Crippen LogP contribution in [0.15, 0.2) is 71.6 Å². The molecule has 0 aliphatic carbocycles. The summed E-state index contributed by atoms with van der Waals surface area (Å²) in [7, 11) is 3.09. The van der Waals surface area contributed by atoms with E-state index in [4.69, 9.17) is 9.47 Å². The molecule has 1 aliphatic rings. The molecule has 6 nitrogen and oxygen atoms in total. The highest BCUT2D eigenvalue weighted by Gasteiger charge is 2.46. The molecule has 158 valence electrons. The second-order valence-corrected chi connectivity index (χ2v) is 8.04. The van der Waals surface area contributed by atoms with Gasteiger partial charge in [-0.05, 0) is 41.3 Å². The molecule has 1 fully saturated rings. The highest BCUT2D eigenvalue weighted by Crippen LogP contribution is 2.41. The SMILES string of the molecule is COc1ccc(C2/C(=C(\O)c3cccc(OC)c3)C(=O)C(=O)N2Cc2cccs2)cc1. The third kappa shape index (κ3) is 3.92. The quantitative estimate of drug-likeness (QED) is 0.353. The second-order valence-electron chi connectivity index (χ2n) is 7.01. The van der Waals surface area contributed by atoms with Crippen molar-refractivity contribution in [3.8, 4) is 11.5 Å². The van der Waals surface area contributed by atoms with Crippen molar-refractivity contribution in [2.24, 2.45) is 0 Å². The number of rotatable bonds is 6. The summed E-state index contributed by atoms with van der Waals surface area (Å²) in [6.07, 6.45) is 0. The fourth-order valence-corrected chi connectivity index (χ4v) is 4.37. The van der Waals surface area contributed by atoms with Crippen LogP contribution in [0.1, 0.15) is 22.0 Å². The largest absolute Gasteiger partial charge is 0.507 e. The second kappa shape index (κ2) is 8.65. The highest BCUT2D eigenvalue weighted by molar-refractivity contribution is 7.09. The Hall–Kier alpha value is -3.58. The van der Waals surface area contributed by atoms with Gasteiger partial charge in [-0.25, -0.2) is 0 Å². The lowest BCUT2D eigenvalue weighted by molar-refractivity contribution is -0.140. The van der Waals surface area contributed by atoms with Gasteiger partial charge in [0, 0.05) is 10.4 Å². The van der Waals surface area contributed by atoms with Crippen LogP contribution in [-0.4, -0.2) is 35.9 Å². The Balaban J connectivity index is 1.86. The van der Waals surface area contributed by atoms with E-state index in [0.717, 1.165) is 4.88 Å². The van der Waals surface area contributed by atoms with Gasteiger partial charge >= 0.3 is 0 Å². The number of aliphatic hydroxyl groups excluding tert-OH is 1. The summed E-state index contributed by atoms with van der Waals surface area (Å²) in [5, 5.41) is 13.0.